The number of aliphatic carboxylic acids is 1. The molecule has 0 aliphatic carbocycles. The van der Waals surface area contributed by atoms with E-state index in [1.165, 1.54) is 0 Å². The summed E-state index contributed by atoms with van der Waals surface area (Å²) in [5, 5.41) is 33.8. The third-order valence-corrected chi connectivity index (χ3v) is 3.98. The molecule has 0 fully saturated rings. The minimum absolute atomic E-state index is 0.0834. The van der Waals surface area contributed by atoms with E-state index in [0.717, 1.165) is 0 Å². The summed E-state index contributed by atoms with van der Waals surface area (Å²) in [4.78, 5) is 59.1. The average molecular weight is 433 g/mol. The molecule has 0 aromatic rings. The number of hydrogen-bond donors (Lipinski definition) is 8. The summed E-state index contributed by atoms with van der Waals surface area (Å²) < 4.78 is 0. The van der Waals surface area contributed by atoms with E-state index in [9.17, 15) is 24.0 Å². The molecule has 0 rings (SSSR count). The van der Waals surface area contributed by atoms with Gasteiger partial charge in [-0.3, -0.25) is 19.2 Å². The van der Waals surface area contributed by atoms with Crippen LogP contribution in [-0.4, -0.2) is 82.3 Å². The van der Waals surface area contributed by atoms with Gasteiger partial charge in [0.1, 0.15) is 24.2 Å². The van der Waals surface area contributed by atoms with Crippen LogP contribution in [0.2, 0.25) is 0 Å². The maximum atomic E-state index is 12.7. The number of nitrogens with two attached hydrogens (primary N) is 2. The maximum Gasteiger partial charge on any atom is 0.328 e. The van der Waals surface area contributed by atoms with Crippen LogP contribution in [0.25, 0.3) is 0 Å². The number of carboxylic acid groups (broad SMARTS) is 1. The standard InChI is InChI=1S/C17H31N5O8/c1-8(2)5-11(16(28)22-12(7-24)17(29)30)21-15(27)10(3-4-13(19)25)20-14(26)9(18)6-23/h8-12,23-24H,3-7,18H2,1-2H3,(H2,19,25)(H,20,26)(H,21,27)(H,22,28)(H,29,30). The van der Waals surface area contributed by atoms with Gasteiger partial charge in [0.2, 0.25) is 23.6 Å². The van der Waals surface area contributed by atoms with E-state index in [2.05, 4.69) is 16.0 Å². The van der Waals surface area contributed by atoms with Crippen molar-refractivity contribution < 1.29 is 39.3 Å². The number of hydrogen-bond acceptors (Lipinski definition) is 8. The van der Waals surface area contributed by atoms with Gasteiger partial charge < -0.3 is 42.7 Å². The van der Waals surface area contributed by atoms with Crippen LogP contribution in [0.15, 0.2) is 0 Å². The zero-order valence-corrected chi connectivity index (χ0v) is 17.0. The van der Waals surface area contributed by atoms with Gasteiger partial charge in [-0.15, -0.1) is 0 Å². The van der Waals surface area contributed by atoms with Crippen molar-refractivity contribution in [1.82, 2.24) is 16.0 Å². The highest BCUT2D eigenvalue weighted by atomic mass is 16.4. The lowest BCUT2D eigenvalue weighted by Gasteiger charge is -2.25. The van der Waals surface area contributed by atoms with Gasteiger partial charge in [0.25, 0.3) is 0 Å². The molecular weight excluding hydrogens is 402 g/mol. The van der Waals surface area contributed by atoms with Crippen LogP contribution in [0.4, 0.5) is 0 Å². The summed E-state index contributed by atoms with van der Waals surface area (Å²) in [6, 6.07) is -5.31. The van der Waals surface area contributed by atoms with Gasteiger partial charge in [-0.1, -0.05) is 13.8 Å². The fourth-order valence-electron chi connectivity index (χ4n) is 2.35. The molecule has 172 valence electrons. The third-order valence-electron chi connectivity index (χ3n) is 3.98. The van der Waals surface area contributed by atoms with Crippen LogP contribution in [0, 0.1) is 5.92 Å². The molecule has 10 N–H and O–H groups in total. The summed E-state index contributed by atoms with van der Waals surface area (Å²) >= 11 is 0. The zero-order chi connectivity index (χ0) is 23.4. The molecule has 0 aliphatic heterocycles. The van der Waals surface area contributed by atoms with Gasteiger partial charge in [0.05, 0.1) is 13.2 Å². The van der Waals surface area contributed by atoms with Crippen LogP contribution < -0.4 is 27.4 Å². The summed E-state index contributed by atoms with van der Waals surface area (Å²) in [5.41, 5.74) is 10.5. The summed E-state index contributed by atoms with van der Waals surface area (Å²) in [5.74, 6) is -4.78. The molecule has 0 saturated carbocycles. The minimum Gasteiger partial charge on any atom is -0.480 e. The van der Waals surface area contributed by atoms with Crippen molar-refractivity contribution in [3.05, 3.63) is 0 Å². The summed E-state index contributed by atoms with van der Waals surface area (Å²) in [6.45, 7) is 2.01. The van der Waals surface area contributed by atoms with Crippen molar-refractivity contribution in [1.29, 1.82) is 0 Å². The SMILES string of the molecule is CC(C)CC(NC(=O)C(CCC(N)=O)NC(=O)C(N)CO)C(=O)NC(CO)C(=O)O. The van der Waals surface area contributed by atoms with Crippen molar-refractivity contribution in [2.45, 2.75) is 57.3 Å². The predicted molar refractivity (Wildman–Crippen MR) is 103 cm³/mol. The number of aliphatic hydroxyl groups is 2. The van der Waals surface area contributed by atoms with E-state index >= 15 is 0 Å². The summed E-state index contributed by atoms with van der Waals surface area (Å²) in [7, 11) is 0. The van der Waals surface area contributed by atoms with Crippen molar-refractivity contribution in [3.63, 3.8) is 0 Å². The average Bonchev–Trinajstić information content (AvgIpc) is 2.66. The second-order valence-corrected chi connectivity index (χ2v) is 7.13. The Morgan fingerprint density at radius 2 is 1.33 bits per heavy atom. The van der Waals surface area contributed by atoms with Gasteiger partial charge in [-0.2, -0.15) is 0 Å². The van der Waals surface area contributed by atoms with Crippen LogP contribution in [-0.2, 0) is 24.0 Å². The summed E-state index contributed by atoms with van der Waals surface area (Å²) in [6.07, 6.45) is -0.309. The Hall–Kier alpha value is -2.77. The second-order valence-electron chi connectivity index (χ2n) is 7.13. The topological polar surface area (TPSA) is 234 Å². The first-order valence-corrected chi connectivity index (χ1v) is 9.32. The highest BCUT2D eigenvalue weighted by molar-refractivity contribution is 5.94. The Balaban J connectivity index is 5.42. The molecular formula is C17H31N5O8. The molecule has 0 aromatic heterocycles. The number of primary amides is 1. The number of carbonyl (C=O) groups excluding carboxylic acids is 4. The highest BCUT2D eigenvalue weighted by Crippen LogP contribution is 2.07. The third kappa shape index (κ3) is 10.1. The van der Waals surface area contributed by atoms with E-state index in [-0.39, 0.29) is 25.2 Å². The lowest BCUT2D eigenvalue weighted by Crippen LogP contribution is -2.58. The van der Waals surface area contributed by atoms with Crippen LogP contribution in [0.5, 0.6) is 0 Å². The van der Waals surface area contributed by atoms with E-state index in [1.807, 2.05) is 0 Å². The largest absolute Gasteiger partial charge is 0.480 e. The molecule has 13 nitrogen and oxygen atoms in total. The van der Waals surface area contributed by atoms with Crippen LogP contribution >= 0.6 is 0 Å². The quantitative estimate of drug-likeness (QED) is 0.134. The maximum absolute atomic E-state index is 12.7. The molecule has 0 aliphatic rings. The molecule has 4 atom stereocenters. The smallest absolute Gasteiger partial charge is 0.328 e. The Morgan fingerprint density at radius 3 is 1.77 bits per heavy atom. The van der Waals surface area contributed by atoms with Crippen LogP contribution in [0.3, 0.4) is 0 Å². The minimum atomic E-state index is -1.56. The van der Waals surface area contributed by atoms with E-state index in [0.29, 0.717) is 0 Å². The van der Waals surface area contributed by atoms with Crippen molar-refractivity contribution in [3.8, 4) is 0 Å². The van der Waals surface area contributed by atoms with Gasteiger partial charge in [0.15, 0.2) is 0 Å². The number of carbonyl (C=O) groups is 5. The Morgan fingerprint density at radius 1 is 0.833 bits per heavy atom. The number of rotatable bonds is 14. The molecule has 13 heteroatoms. The predicted octanol–water partition coefficient (Wildman–Crippen LogP) is -3.85. The number of aliphatic hydroxyl groups excluding tert-OH is 2. The normalized spacial score (nSPS) is 14.9. The van der Waals surface area contributed by atoms with Gasteiger partial charge in [0, 0.05) is 6.42 Å². The van der Waals surface area contributed by atoms with Gasteiger partial charge in [-0.25, -0.2) is 4.79 Å². The molecule has 0 saturated heterocycles. The lowest BCUT2D eigenvalue weighted by molar-refractivity contribution is -0.143. The Kier molecular flexibility index (Phi) is 12.2. The van der Waals surface area contributed by atoms with Crippen molar-refractivity contribution in [2.24, 2.45) is 17.4 Å². The molecule has 0 aromatic carbocycles. The number of amides is 4. The molecule has 30 heavy (non-hydrogen) atoms. The molecule has 4 unspecified atom stereocenters. The Bertz CT molecular complexity index is 627. The van der Waals surface area contributed by atoms with Crippen molar-refractivity contribution in [2.75, 3.05) is 13.2 Å². The highest BCUT2D eigenvalue weighted by Gasteiger charge is 2.30. The van der Waals surface area contributed by atoms with Crippen LogP contribution in [0.1, 0.15) is 33.1 Å². The molecule has 0 bridgehead atoms. The fourth-order valence-corrected chi connectivity index (χ4v) is 2.35. The number of nitrogens with one attached hydrogen (secondary N) is 3. The fraction of sp³-hybridized carbons (Fsp3) is 0.706. The molecule has 0 radical (unpaired) electrons. The number of carboxylic acids is 1. The van der Waals surface area contributed by atoms with E-state index in [1.54, 1.807) is 13.8 Å². The zero-order valence-electron chi connectivity index (χ0n) is 17.0. The monoisotopic (exact) mass is 433 g/mol. The first-order chi connectivity index (χ1) is 13.9. The second kappa shape index (κ2) is 13.5. The first-order valence-electron chi connectivity index (χ1n) is 9.32. The van der Waals surface area contributed by atoms with E-state index in [4.69, 9.17) is 26.8 Å². The Labute approximate surface area is 173 Å². The molecule has 4 amide bonds. The van der Waals surface area contributed by atoms with E-state index < -0.39 is 67.0 Å². The first kappa shape index (κ1) is 27.2. The lowest BCUT2D eigenvalue weighted by atomic mass is 10.0. The molecule has 0 spiro atoms. The van der Waals surface area contributed by atoms with Crippen molar-refractivity contribution >= 4 is 29.6 Å². The van der Waals surface area contributed by atoms with Gasteiger partial charge in [-0.05, 0) is 18.8 Å². The van der Waals surface area contributed by atoms with Gasteiger partial charge >= 0.3 is 5.97 Å². The molecule has 0 heterocycles.